The number of hydrogen-bond acceptors (Lipinski definition) is 2. The van der Waals surface area contributed by atoms with Gasteiger partial charge in [-0.15, -0.1) is 0 Å². The average molecular weight is 615 g/mol. The lowest BCUT2D eigenvalue weighted by Gasteiger charge is -2.17. The van der Waals surface area contributed by atoms with Crippen LogP contribution in [0.3, 0.4) is 0 Å². The van der Waals surface area contributed by atoms with Crippen LogP contribution in [0.5, 0.6) is 11.5 Å². The Bertz CT molecular complexity index is 755. The molecule has 2 heteroatoms. The molecule has 2 nitrogen and oxygen atoms in total. The van der Waals surface area contributed by atoms with Crippen molar-refractivity contribution in [2.24, 2.45) is 0 Å². The largest absolute Gasteiger partial charge is 0.508 e. The fourth-order valence-corrected chi connectivity index (χ4v) is 6.93. The van der Waals surface area contributed by atoms with Crippen molar-refractivity contribution < 1.29 is 10.2 Å². The summed E-state index contributed by atoms with van der Waals surface area (Å²) in [6.07, 6.45) is 42.4. The van der Waals surface area contributed by atoms with Crippen LogP contribution in [0.4, 0.5) is 0 Å². The second kappa shape index (κ2) is 30.5. The summed E-state index contributed by atoms with van der Waals surface area (Å²) in [5, 5.41) is 22.6. The van der Waals surface area contributed by atoms with Crippen molar-refractivity contribution in [3.63, 3.8) is 0 Å². The zero-order chi connectivity index (χ0) is 31.9. The van der Waals surface area contributed by atoms with Crippen LogP contribution in [0, 0.1) is 0 Å². The maximum atomic E-state index is 11.4. The van der Waals surface area contributed by atoms with Crippen LogP contribution in [0.1, 0.15) is 230 Å². The van der Waals surface area contributed by atoms with Gasteiger partial charge in [-0.2, -0.15) is 0 Å². The lowest BCUT2D eigenvalue weighted by atomic mass is 9.91. The summed E-state index contributed by atoms with van der Waals surface area (Å²) in [4.78, 5) is 0. The molecule has 0 aliphatic carbocycles. The van der Waals surface area contributed by atoms with E-state index in [0.29, 0.717) is 11.5 Å². The standard InChI is InChI=1S/C42H78O2/c1-4-7-10-13-16-19-22-25-28-31-34-38-37-41(43)39(35-32-29-26-23-20-17-14-11-8-5-2)40(42(38)44)36-33-30-27-24-21-18-15-12-9-6-3/h37,43-44H,4-36H2,1-3H3. The molecule has 0 unspecified atom stereocenters. The van der Waals surface area contributed by atoms with Gasteiger partial charge in [0.2, 0.25) is 0 Å². The van der Waals surface area contributed by atoms with Crippen molar-refractivity contribution in [3.05, 3.63) is 22.8 Å². The molecular weight excluding hydrogens is 536 g/mol. The second-order valence-electron chi connectivity index (χ2n) is 14.2. The smallest absolute Gasteiger partial charge is 0.122 e. The molecule has 0 aromatic heterocycles. The maximum absolute atomic E-state index is 11.4. The van der Waals surface area contributed by atoms with Gasteiger partial charge in [0.15, 0.2) is 0 Å². The van der Waals surface area contributed by atoms with Crippen molar-refractivity contribution in [2.45, 2.75) is 233 Å². The third kappa shape index (κ3) is 21.5. The molecule has 0 saturated heterocycles. The van der Waals surface area contributed by atoms with Crippen molar-refractivity contribution in [3.8, 4) is 11.5 Å². The summed E-state index contributed by atoms with van der Waals surface area (Å²) in [5.74, 6) is 0.958. The molecule has 0 atom stereocenters. The number of benzene rings is 1. The molecule has 1 aromatic rings. The summed E-state index contributed by atoms with van der Waals surface area (Å²) in [5.41, 5.74) is 3.10. The summed E-state index contributed by atoms with van der Waals surface area (Å²) in [7, 11) is 0. The quantitative estimate of drug-likeness (QED) is 0.0610. The van der Waals surface area contributed by atoms with Crippen LogP contribution in [0.2, 0.25) is 0 Å². The van der Waals surface area contributed by atoms with Crippen molar-refractivity contribution >= 4 is 0 Å². The summed E-state index contributed by atoms with van der Waals surface area (Å²) < 4.78 is 0. The van der Waals surface area contributed by atoms with E-state index in [9.17, 15) is 10.2 Å². The normalized spacial score (nSPS) is 11.5. The van der Waals surface area contributed by atoms with E-state index in [1.165, 1.54) is 173 Å². The number of phenols is 2. The molecule has 0 heterocycles. The predicted molar refractivity (Wildman–Crippen MR) is 196 cm³/mol. The Morgan fingerprint density at radius 1 is 0.341 bits per heavy atom. The van der Waals surface area contributed by atoms with Crippen molar-refractivity contribution in [1.82, 2.24) is 0 Å². The highest BCUT2D eigenvalue weighted by Crippen LogP contribution is 2.36. The third-order valence-electron chi connectivity index (χ3n) is 9.93. The average Bonchev–Trinajstić information content (AvgIpc) is 3.02. The number of hydrogen-bond donors (Lipinski definition) is 2. The highest BCUT2D eigenvalue weighted by atomic mass is 16.3. The third-order valence-corrected chi connectivity index (χ3v) is 9.93. The molecule has 0 bridgehead atoms. The Kier molecular flexibility index (Phi) is 28.3. The van der Waals surface area contributed by atoms with Gasteiger partial charge in [0.25, 0.3) is 0 Å². The van der Waals surface area contributed by atoms with Gasteiger partial charge in [0, 0.05) is 11.1 Å². The molecular formula is C42H78O2. The molecule has 0 amide bonds. The van der Waals surface area contributed by atoms with Crippen LogP contribution >= 0.6 is 0 Å². The van der Waals surface area contributed by atoms with Gasteiger partial charge in [-0.1, -0.05) is 194 Å². The van der Waals surface area contributed by atoms with Gasteiger partial charge in [0.1, 0.15) is 11.5 Å². The topological polar surface area (TPSA) is 40.5 Å². The van der Waals surface area contributed by atoms with Gasteiger partial charge < -0.3 is 10.2 Å². The Morgan fingerprint density at radius 3 is 0.955 bits per heavy atom. The SMILES string of the molecule is CCCCCCCCCCCCc1cc(O)c(CCCCCCCCCCCC)c(CCCCCCCCCCCC)c1O. The van der Waals surface area contributed by atoms with Gasteiger partial charge >= 0.3 is 0 Å². The van der Waals surface area contributed by atoms with E-state index in [-0.39, 0.29) is 0 Å². The minimum absolute atomic E-state index is 0.447. The Morgan fingerprint density at radius 2 is 0.614 bits per heavy atom. The summed E-state index contributed by atoms with van der Waals surface area (Å²) in [6, 6.07) is 1.91. The first-order valence-electron chi connectivity index (χ1n) is 20.2. The monoisotopic (exact) mass is 615 g/mol. The first-order valence-corrected chi connectivity index (χ1v) is 20.2. The Balaban J connectivity index is 2.54. The predicted octanol–water partition coefficient (Wildman–Crippen LogP) is 14.5. The van der Waals surface area contributed by atoms with Crippen LogP contribution in [0.25, 0.3) is 0 Å². The fraction of sp³-hybridized carbons (Fsp3) is 0.857. The molecule has 0 fully saturated rings. The number of rotatable bonds is 33. The molecule has 0 spiro atoms. The second-order valence-corrected chi connectivity index (χ2v) is 14.2. The number of aryl methyl sites for hydroxylation is 1. The number of aromatic hydroxyl groups is 2. The van der Waals surface area contributed by atoms with Crippen LogP contribution < -0.4 is 0 Å². The van der Waals surface area contributed by atoms with E-state index >= 15 is 0 Å². The van der Waals surface area contributed by atoms with E-state index in [0.717, 1.165) is 55.2 Å². The minimum Gasteiger partial charge on any atom is -0.508 e. The van der Waals surface area contributed by atoms with Crippen LogP contribution in [-0.4, -0.2) is 10.2 Å². The zero-order valence-corrected chi connectivity index (χ0v) is 30.3. The van der Waals surface area contributed by atoms with Crippen molar-refractivity contribution in [2.75, 3.05) is 0 Å². The molecule has 0 aliphatic heterocycles. The highest BCUT2D eigenvalue weighted by molar-refractivity contribution is 5.53. The Hall–Kier alpha value is -1.18. The maximum Gasteiger partial charge on any atom is 0.122 e. The number of phenolic OH excluding ortho intramolecular Hbond substituents is 2. The summed E-state index contributed by atoms with van der Waals surface area (Å²) >= 11 is 0. The molecule has 0 aliphatic rings. The van der Waals surface area contributed by atoms with Crippen LogP contribution in [-0.2, 0) is 19.3 Å². The number of unbranched alkanes of at least 4 members (excludes halogenated alkanes) is 27. The van der Waals surface area contributed by atoms with Gasteiger partial charge in [-0.05, 0) is 50.2 Å². The van der Waals surface area contributed by atoms with E-state index in [2.05, 4.69) is 20.8 Å². The van der Waals surface area contributed by atoms with E-state index in [4.69, 9.17) is 0 Å². The highest BCUT2D eigenvalue weighted by Gasteiger charge is 2.17. The zero-order valence-electron chi connectivity index (χ0n) is 30.3. The Labute approximate surface area is 276 Å². The van der Waals surface area contributed by atoms with Gasteiger partial charge in [-0.25, -0.2) is 0 Å². The lowest BCUT2D eigenvalue weighted by molar-refractivity contribution is 0.437. The minimum atomic E-state index is 0.447. The molecule has 1 aromatic carbocycles. The van der Waals surface area contributed by atoms with Gasteiger partial charge in [-0.3, -0.25) is 0 Å². The molecule has 1 rings (SSSR count). The fourth-order valence-electron chi connectivity index (χ4n) is 6.93. The molecule has 44 heavy (non-hydrogen) atoms. The van der Waals surface area contributed by atoms with E-state index in [1.54, 1.807) is 0 Å². The first-order chi connectivity index (χ1) is 21.7. The molecule has 2 N–H and O–H groups in total. The first kappa shape index (κ1) is 40.8. The van der Waals surface area contributed by atoms with Gasteiger partial charge in [0.05, 0.1) is 0 Å². The molecule has 0 radical (unpaired) electrons. The van der Waals surface area contributed by atoms with Crippen LogP contribution in [0.15, 0.2) is 6.07 Å². The molecule has 0 saturated carbocycles. The lowest BCUT2D eigenvalue weighted by Crippen LogP contribution is -2.01. The van der Waals surface area contributed by atoms with E-state index in [1.807, 2.05) is 6.07 Å². The molecule has 258 valence electrons. The summed E-state index contributed by atoms with van der Waals surface area (Å²) in [6.45, 7) is 6.85. The van der Waals surface area contributed by atoms with E-state index < -0.39 is 0 Å². The van der Waals surface area contributed by atoms with Crippen molar-refractivity contribution in [1.29, 1.82) is 0 Å².